The molecule has 3 rings (SSSR count). The maximum Gasteiger partial charge on any atom is 0.257 e. The Labute approximate surface area is 126 Å². The molecule has 5 heteroatoms. The quantitative estimate of drug-likeness (QED) is 0.710. The second-order valence-corrected chi connectivity index (χ2v) is 4.93. The van der Waals surface area contributed by atoms with Gasteiger partial charge in [-0.05, 0) is 37.3 Å². The molecule has 22 heavy (non-hydrogen) atoms. The van der Waals surface area contributed by atoms with E-state index >= 15 is 0 Å². The molecule has 2 N–H and O–H groups in total. The number of nitrogens with one attached hydrogen (secondary N) is 1. The van der Waals surface area contributed by atoms with Crippen LogP contribution in [0.25, 0.3) is 10.9 Å². The lowest BCUT2D eigenvalue weighted by Gasteiger charge is -2.10. The highest BCUT2D eigenvalue weighted by Gasteiger charge is 2.13. The summed E-state index contributed by atoms with van der Waals surface area (Å²) in [5.74, 6) is -0.757. The monoisotopic (exact) mass is 296 g/mol. The molecular formula is C17H13FN2O2. The van der Waals surface area contributed by atoms with Crippen LogP contribution in [-0.2, 0) is 0 Å². The number of nitrogens with zero attached hydrogens (tertiary/aromatic N) is 1. The molecule has 110 valence electrons. The molecule has 0 aliphatic carbocycles. The highest BCUT2D eigenvalue weighted by Crippen LogP contribution is 2.23. The second-order valence-electron chi connectivity index (χ2n) is 4.93. The van der Waals surface area contributed by atoms with E-state index in [-0.39, 0.29) is 17.5 Å². The third-order valence-electron chi connectivity index (χ3n) is 3.37. The summed E-state index contributed by atoms with van der Waals surface area (Å²) in [6, 6.07) is 12.4. The maximum absolute atomic E-state index is 13.2. The Morgan fingerprint density at radius 3 is 2.73 bits per heavy atom. The summed E-state index contributed by atoms with van der Waals surface area (Å²) in [6.45, 7) is 1.68. The number of phenolic OH excluding ortho intramolecular Hbond substituents is 1. The van der Waals surface area contributed by atoms with Crippen molar-refractivity contribution in [3.63, 3.8) is 0 Å². The normalized spacial score (nSPS) is 10.6. The molecule has 3 aromatic rings. The Morgan fingerprint density at radius 1 is 1.18 bits per heavy atom. The third-order valence-corrected chi connectivity index (χ3v) is 3.37. The van der Waals surface area contributed by atoms with E-state index in [0.717, 1.165) is 0 Å². The number of pyridine rings is 1. The third kappa shape index (κ3) is 2.61. The summed E-state index contributed by atoms with van der Waals surface area (Å²) < 4.78 is 13.2. The SMILES string of the molecule is Cc1nc2cc(F)ccc2cc1C(=O)Nc1ccccc1O. The minimum Gasteiger partial charge on any atom is -0.506 e. The fraction of sp³-hybridized carbons (Fsp3) is 0.0588. The zero-order chi connectivity index (χ0) is 15.7. The Kier molecular flexibility index (Phi) is 3.47. The number of anilines is 1. The van der Waals surface area contributed by atoms with Gasteiger partial charge in [-0.3, -0.25) is 9.78 Å². The van der Waals surface area contributed by atoms with Gasteiger partial charge < -0.3 is 10.4 Å². The number of hydrogen-bond donors (Lipinski definition) is 2. The van der Waals surface area contributed by atoms with Crippen molar-refractivity contribution >= 4 is 22.5 Å². The Morgan fingerprint density at radius 2 is 1.95 bits per heavy atom. The summed E-state index contributed by atoms with van der Waals surface area (Å²) in [5, 5.41) is 13.0. The molecule has 0 bridgehead atoms. The van der Waals surface area contributed by atoms with Crippen LogP contribution in [0.15, 0.2) is 48.5 Å². The first-order valence-electron chi connectivity index (χ1n) is 6.71. The minimum absolute atomic E-state index is 0.00989. The molecule has 0 spiro atoms. The zero-order valence-electron chi connectivity index (χ0n) is 11.8. The molecule has 0 aliphatic rings. The van der Waals surface area contributed by atoms with E-state index in [4.69, 9.17) is 0 Å². The van der Waals surface area contributed by atoms with Crippen molar-refractivity contribution in [1.29, 1.82) is 0 Å². The van der Waals surface area contributed by atoms with Crippen LogP contribution < -0.4 is 5.32 Å². The predicted molar refractivity (Wildman–Crippen MR) is 82.5 cm³/mol. The van der Waals surface area contributed by atoms with Crippen molar-refractivity contribution in [1.82, 2.24) is 4.98 Å². The molecular weight excluding hydrogens is 283 g/mol. The lowest BCUT2D eigenvalue weighted by Crippen LogP contribution is -2.14. The van der Waals surface area contributed by atoms with Crippen molar-refractivity contribution in [3.05, 3.63) is 65.6 Å². The van der Waals surface area contributed by atoms with Crippen LogP contribution in [-0.4, -0.2) is 16.0 Å². The first-order chi connectivity index (χ1) is 10.5. The zero-order valence-corrected chi connectivity index (χ0v) is 11.8. The van der Waals surface area contributed by atoms with E-state index in [2.05, 4.69) is 10.3 Å². The number of halogens is 1. The Balaban J connectivity index is 1.99. The minimum atomic E-state index is -0.377. The number of para-hydroxylation sites is 2. The number of aryl methyl sites for hydroxylation is 1. The molecule has 0 saturated heterocycles. The van der Waals surface area contributed by atoms with Gasteiger partial charge in [-0.15, -0.1) is 0 Å². The van der Waals surface area contributed by atoms with Crippen molar-refractivity contribution < 1.29 is 14.3 Å². The van der Waals surface area contributed by atoms with Crippen LogP contribution in [0.2, 0.25) is 0 Å². The average Bonchev–Trinajstić information content (AvgIpc) is 2.48. The van der Waals surface area contributed by atoms with E-state index in [0.29, 0.717) is 27.8 Å². The number of amides is 1. The highest BCUT2D eigenvalue weighted by atomic mass is 19.1. The lowest BCUT2D eigenvalue weighted by atomic mass is 10.1. The number of aromatic nitrogens is 1. The van der Waals surface area contributed by atoms with Gasteiger partial charge in [0.05, 0.1) is 22.5 Å². The van der Waals surface area contributed by atoms with Crippen LogP contribution in [0.5, 0.6) is 5.75 Å². The van der Waals surface area contributed by atoms with Gasteiger partial charge in [0.2, 0.25) is 0 Å². The largest absolute Gasteiger partial charge is 0.506 e. The first-order valence-corrected chi connectivity index (χ1v) is 6.71. The van der Waals surface area contributed by atoms with Crippen molar-refractivity contribution in [2.24, 2.45) is 0 Å². The van der Waals surface area contributed by atoms with Crippen LogP contribution in [0.4, 0.5) is 10.1 Å². The van der Waals surface area contributed by atoms with E-state index in [1.165, 1.54) is 18.2 Å². The smallest absolute Gasteiger partial charge is 0.257 e. The van der Waals surface area contributed by atoms with Crippen LogP contribution in [0.3, 0.4) is 0 Å². The molecule has 1 amide bonds. The number of benzene rings is 2. The predicted octanol–water partition coefficient (Wildman–Crippen LogP) is 3.64. The molecule has 2 aromatic carbocycles. The van der Waals surface area contributed by atoms with Crippen molar-refractivity contribution in [2.45, 2.75) is 6.92 Å². The van der Waals surface area contributed by atoms with Gasteiger partial charge in [0.25, 0.3) is 5.91 Å². The molecule has 1 heterocycles. The molecule has 1 aromatic heterocycles. The van der Waals surface area contributed by atoms with E-state index in [1.54, 1.807) is 37.3 Å². The van der Waals surface area contributed by atoms with Gasteiger partial charge in [-0.2, -0.15) is 0 Å². The molecule has 0 saturated carbocycles. The number of phenols is 1. The molecule has 0 radical (unpaired) electrons. The van der Waals surface area contributed by atoms with Gasteiger partial charge in [0.1, 0.15) is 11.6 Å². The number of fused-ring (bicyclic) bond motifs is 1. The number of rotatable bonds is 2. The van der Waals surface area contributed by atoms with E-state index in [1.807, 2.05) is 0 Å². The van der Waals surface area contributed by atoms with Crippen LogP contribution in [0.1, 0.15) is 16.1 Å². The van der Waals surface area contributed by atoms with E-state index < -0.39 is 0 Å². The number of carbonyl (C=O) groups excluding carboxylic acids is 1. The maximum atomic E-state index is 13.2. The van der Waals surface area contributed by atoms with Crippen LogP contribution >= 0.6 is 0 Å². The first kappa shape index (κ1) is 14.0. The fourth-order valence-electron chi connectivity index (χ4n) is 2.24. The van der Waals surface area contributed by atoms with Crippen molar-refractivity contribution in [2.75, 3.05) is 5.32 Å². The molecule has 4 nitrogen and oxygen atoms in total. The Hall–Kier alpha value is -2.95. The molecule has 0 aliphatic heterocycles. The summed E-state index contributed by atoms with van der Waals surface area (Å²) in [6.07, 6.45) is 0. The highest BCUT2D eigenvalue weighted by molar-refractivity contribution is 6.07. The van der Waals surface area contributed by atoms with Gasteiger partial charge >= 0.3 is 0 Å². The van der Waals surface area contributed by atoms with Gasteiger partial charge in [-0.1, -0.05) is 12.1 Å². The van der Waals surface area contributed by atoms with Gasteiger partial charge in [0, 0.05) is 11.5 Å². The van der Waals surface area contributed by atoms with Gasteiger partial charge in [0.15, 0.2) is 0 Å². The second kappa shape index (κ2) is 5.44. The molecule has 0 atom stereocenters. The van der Waals surface area contributed by atoms with Crippen LogP contribution in [0, 0.1) is 12.7 Å². The lowest BCUT2D eigenvalue weighted by molar-refractivity contribution is 0.102. The average molecular weight is 296 g/mol. The summed E-state index contributed by atoms with van der Waals surface area (Å²) in [4.78, 5) is 16.6. The fourth-order valence-corrected chi connectivity index (χ4v) is 2.24. The van der Waals surface area contributed by atoms with E-state index in [9.17, 15) is 14.3 Å². The van der Waals surface area contributed by atoms with Crippen molar-refractivity contribution in [3.8, 4) is 5.75 Å². The standard InChI is InChI=1S/C17H13FN2O2/c1-10-13(8-11-6-7-12(18)9-15(11)19-10)17(22)20-14-4-2-3-5-16(14)21/h2-9,21H,1H3,(H,20,22). The number of aromatic hydroxyl groups is 1. The van der Waals surface area contributed by atoms with Gasteiger partial charge in [-0.25, -0.2) is 4.39 Å². The topological polar surface area (TPSA) is 62.2 Å². The Bertz CT molecular complexity index is 878. The summed E-state index contributed by atoms with van der Waals surface area (Å²) in [5.41, 5.74) is 1.69. The summed E-state index contributed by atoms with van der Waals surface area (Å²) in [7, 11) is 0. The number of hydrogen-bond acceptors (Lipinski definition) is 3. The summed E-state index contributed by atoms with van der Waals surface area (Å²) >= 11 is 0. The molecule has 0 fully saturated rings. The number of carbonyl (C=O) groups is 1. The molecule has 0 unspecified atom stereocenters.